The summed E-state index contributed by atoms with van der Waals surface area (Å²) in [5.74, 6) is 0. The van der Waals surface area contributed by atoms with Gasteiger partial charge in [-0.25, -0.2) is 0 Å². The summed E-state index contributed by atoms with van der Waals surface area (Å²) in [6.45, 7) is 2.74. The molecular formula is C9H14BrF3N2OS. The Kier molecular flexibility index (Phi) is 6.42. The lowest BCUT2D eigenvalue weighted by Gasteiger charge is -2.09. The molecule has 0 aliphatic rings. The van der Waals surface area contributed by atoms with Gasteiger partial charge in [0.25, 0.3) is 0 Å². The summed E-state index contributed by atoms with van der Waals surface area (Å²) in [6.07, 6.45) is -4.28. The molecule has 0 saturated heterocycles. The highest BCUT2D eigenvalue weighted by Crippen LogP contribution is 2.14. The molecule has 1 rings (SSSR count). The number of hydrogen-bond acceptors (Lipinski definition) is 3. The summed E-state index contributed by atoms with van der Waals surface area (Å²) in [4.78, 5) is 1.34. The van der Waals surface area contributed by atoms with E-state index >= 15 is 0 Å². The highest BCUT2D eigenvalue weighted by molar-refractivity contribution is 8.93. The zero-order valence-corrected chi connectivity index (χ0v) is 12.0. The predicted molar refractivity (Wildman–Crippen MR) is 64.8 cm³/mol. The van der Waals surface area contributed by atoms with Crippen molar-refractivity contribution in [3.8, 4) is 0 Å². The number of alkyl halides is 3. The largest absolute Gasteiger partial charge is 0.411 e. The quantitative estimate of drug-likeness (QED) is 0.845. The first-order valence-corrected chi connectivity index (χ1v) is 5.49. The molecule has 1 N–H and O–H groups in total. The number of aryl methyl sites for hydroxylation is 1. The van der Waals surface area contributed by atoms with Gasteiger partial charge in [-0.05, 0) is 13.8 Å². The normalized spacial score (nSPS) is 11.4. The number of halogens is 4. The molecule has 0 aliphatic heterocycles. The minimum atomic E-state index is -4.28. The number of ether oxygens (including phenoxy) is 1. The van der Waals surface area contributed by atoms with E-state index in [2.05, 4.69) is 4.74 Å². The van der Waals surface area contributed by atoms with Crippen molar-refractivity contribution in [2.45, 2.75) is 26.6 Å². The monoisotopic (exact) mass is 334 g/mol. The lowest BCUT2D eigenvalue weighted by molar-refractivity contribution is -0.174. The number of hydrogen-bond donors (Lipinski definition) is 1. The van der Waals surface area contributed by atoms with Gasteiger partial charge in [-0.2, -0.15) is 13.2 Å². The molecule has 0 spiro atoms. The maximum Gasteiger partial charge on any atom is 0.411 e. The van der Waals surface area contributed by atoms with Gasteiger partial charge < -0.3 is 9.30 Å². The van der Waals surface area contributed by atoms with Crippen molar-refractivity contribution >= 4 is 28.3 Å². The van der Waals surface area contributed by atoms with Gasteiger partial charge in [0.05, 0.1) is 6.61 Å². The lowest BCUT2D eigenvalue weighted by Crippen LogP contribution is -2.22. The molecule has 0 aromatic carbocycles. The van der Waals surface area contributed by atoms with Gasteiger partial charge in [-0.15, -0.1) is 28.3 Å². The second-order valence-corrected chi connectivity index (χ2v) is 4.57. The smallest absolute Gasteiger partial charge is 0.370 e. The average molecular weight is 335 g/mol. The van der Waals surface area contributed by atoms with E-state index in [1.54, 1.807) is 4.57 Å². The van der Waals surface area contributed by atoms with E-state index in [9.17, 15) is 13.2 Å². The Labute approximate surface area is 111 Å². The molecule has 1 aromatic rings. The Morgan fingerprint density at radius 2 is 1.94 bits per heavy atom. The van der Waals surface area contributed by atoms with E-state index in [-0.39, 0.29) is 30.1 Å². The molecule has 100 valence electrons. The third-order valence-electron chi connectivity index (χ3n) is 2.13. The molecular weight excluding hydrogens is 321 g/mol. The van der Waals surface area contributed by atoms with Crippen LogP contribution in [0.4, 0.5) is 13.2 Å². The number of aromatic nitrogens is 1. The minimum Gasteiger partial charge on any atom is -0.370 e. The van der Waals surface area contributed by atoms with Crippen molar-refractivity contribution in [1.29, 1.82) is 5.41 Å². The zero-order chi connectivity index (χ0) is 12.3. The standard InChI is InChI=1S/C9H13F3N2OS.BrH/c1-6-7(2)16-8(13)14(6)3-4-15-5-9(10,11)12;/h13H,3-5H2,1-2H3;1H. The van der Waals surface area contributed by atoms with Crippen LogP contribution in [0, 0.1) is 19.3 Å². The number of nitrogens with one attached hydrogen (secondary N) is 1. The van der Waals surface area contributed by atoms with Crippen LogP contribution in [0.3, 0.4) is 0 Å². The average Bonchev–Trinajstić information content (AvgIpc) is 2.36. The van der Waals surface area contributed by atoms with Crippen LogP contribution in [0.1, 0.15) is 10.6 Å². The Bertz CT molecular complexity index is 413. The molecule has 8 heteroatoms. The van der Waals surface area contributed by atoms with Crippen molar-refractivity contribution < 1.29 is 17.9 Å². The van der Waals surface area contributed by atoms with Crippen molar-refractivity contribution in [1.82, 2.24) is 4.57 Å². The van der Waals surface area contributed by atoms with E-state index in [0.717, 1.165) is 10.6 Å². The summed E-state index contributed by atoms with van der Waals surface area (Å²) in [6, 6.07) is 0. The number of thiazole rings is 1. The fourth-order valence-corrected chi connectivity index (χ4v) is 2.12. The van der Waals surface area contributed by atoms with E-state index in [1.165, 1.54) is 11.3 Å². The summed E-state index contributed by atoms with van der Waals surface area (Å²) < 4.78 is 41.5. The van der Waals surface area contributed by atoms with Crippen LogP contribution in [-0.4, -0.2) is 24.0 Å². The third kappa shape index (κ3) is 5.22. The molecule has 1 aromatic heterocycles. The molecule has 17 heavy (non-hydrogen) atoms. The van der Waals surface area contributed by atoms with Crippen molar-refractivity contribution in [3.05, 3.63) is 15.4 Å². The summed E-state index contributed by atoms with van der Waals surface area (Å²) in [5, 5.41) is 7.59. The summed E-state index contributed by atoms with van der Waals surface area (Å²) in [5.41, 5.74) is 0.908. The number of rotatable bonds is 4. The van der Waals surface area contributed by atoms with Crippen LogP contribution in [0.5, 0.6) is 0 Å². The molecule has 0 bridgehead atoms. The third-order valence-corrected chi connectivity index (χ3v) is 3.15. The molecule has 0 atom stereocenters. The van der Waals surface area contributed by atoms with Gasteiger partial charge in [-0.1, -0.05) is 0 Å². The first-order valence-electron chi connectivity index (χ1n) is 4.67. The maximum absolute atomic E-state index is 11.8. The zero-order valence-electron chi connectivity index (χ0n) is 9.43. The second kappa shape index (κ2) is 6.55. The van der Waals surface area contributed by atoms with E-state index in [4.69, 9.17) is 5.41 Å². The number of nitrogens with zero attached hydrogens (tertiary/aromatic N) is 1. The first-order chi connectivity index (χ1) is 7.31. The van der Waals surface area contributed by atoms with Crippen LogP contribution in [0.2, 0.25) is 0 Å². The fraction of sp³-hybridized carbons (Fsp3) is 0.667. The predicted octanol–water partition coefficient (Wildman–Crippen LogP) is 2.80. The molecule has 0 saturated carbocycles. The highest BCUT2D eigenvalue weighted by Gasteiger charge is 2.27. The molecule has 3 nitrogen and oxygen atoms in total. The second-order valence-electron chi connectivity index (χ2n) is 3.37. The van der Waals surface area contributed by atoms with Crippen molar-refractivity contribution in [2.75, 3.05) is 13.2 Å². The summed E-state index contributed by atoms with van der Waals surface area (Å²) in [7, 11) is 0. The molecule has 1 heterocycles. The molecule has 0 fully saturated rings. The Morgan fingerprint density at radius 3 is 2.35 bits per heavy atom. The molecule has 0 unspecified atom stereocenters. The Morgan fingerprint density at radius 1 is 1.35 bits per heavy atom. The van der Waals surface area contributed by atoms with Gasteiger partial charge in [0.15, 0.2) is 4.80 Å². The van der Waals surface area contributed by atoms with Gasteiger partial charge in [-0.3, -0.25) is 5.41 Å². The van der Waals surface area contributed by atoms with Crippen molar-refractivity contribution in [2.24, 2.45) is 0 Å². The van der Waals surface area contributed by atoms with Gasteiger partial charge in [0.2, 0.25) is 0 Å². The van der Waals surface area contributed by atoms with Gasteiger partial charge in [0.1, 0.15) is 6.61 Å². The van der Waals surface area contributed by atoms with E-state index in [0.29, 0.717) is 4.80 Å². The summed E-state index contributed by atoms with van der Waals surface area (Å²) >= 11 is 1.31. The minimum absolute atomic E-state index is 0. The van der Waals surface area contributed by atoms with Crippen LogP contribution in [-0.2, 0) is 11.3 Å². The first kappa shape index (κ1) is 16.7. The van der Waals surface area contributed by atoms with E-state index < -0.39 is 12.8 Å². The highest BCUT2D eigenvalue weighted by atomic mass is 79.9. The van der Waals surface area contributed by atoms with Gasteiger partial charge in [0, 0.05) is 17.1 Å². The SMILES string of the molecule is Br.Cc1sc(=N)n(CCOCC(F)(F)F)c1C. The Balaban J connectivity index is 0.00000256. The van der Waals surface area contributed by atoms with Gasteiger partial charge >= 0.3 is 6.18 Å². The van der Waals surface area contributed by atoms with Crippen LogP contribution >= 0.6 is 28.3 Å². The molecule has 0 radical (unpaired) electrons. The fourth-order valence-electron chi connectivity index (χ4n) is 1.23. The van der Waals surface area contributed by atoms with Crippen LogP contribution in [0.25, 0.3) is 0 Å². The lowest BCUT2D eigenvalue weighted by atomic mass is 10.4. The topological polar surface area (TPSA) is 38.0 Å². The van der Waals surface area contributed by atoms with Crippen LogP contribution in [0.15, 0.2) is 0 Å². The van der Waals surface area contributed by atoms with Crippen LogP contribution < -0.4 is 4.80 Å². The van der Waals surface area contributed by atoms with Crippen molar-refractivity contribution in [3.63, 3.8) is 0 Å². The molecule has 0 aliphatic carbocycles. The molecule has 0 amide bonds. The Hall–Kier alpha value is -0.340. The maximum atomic E-state index is 11.8. The van der Waals surface area contributed by atoms with E-state index in [1.807, 2.05) is 13.8 Å².